The second-order valence-electron chi connectivity index (χ2n) is 8.26. The van der Waals surface area contributed by atoms with E-state index in [1.54, 1.807) is 26.8 Å². The van der Waals surface area contributed by atoms with E-state index in [4.69, 9.17) is 4.74 Å². The molecule has 1 aliphatic heterocycles. The van der Waals surface area contributed by atoms with Gasteiger partial charge >= 0.3 is 12.1 Å². The maximum absolute atomic E-state index is 14.0. The monoisotopic (exact) mass is 429 g/mol. The molecule has 0 bridgehead atoms. The number of carboxylic acid groups (broad SMARTS) is 1. The SMILES string of the molecule is CC(C)(C)OC(=O)N1[C@H]([C@@H](C(=O)O)c2ccc(Br)c(F)c2)CCC1(C)C. The highest BCUT2D eigenvalue weighted by Gasteiger charge is 2.49. The van der Waals surface area contributed by atoms with Crippen LogP contribution in [-0.2, 0) is 9.53 Å². The lowest BCUT2D eigenvalue weighted by Gasteiger charge is -2.39. The third-order valence-corrected chi connectivity index (χ3v) is 5.22. The first-order chi connectivity index (χ1) is 11.8. The number of ether oxygens (including phenoxy) is 1. The molecule has 2 atom stereocenters. The molecule has 1 aromatic rings. The maximum Gasteiger partial charge on any atom is 0.411 e. The number of halogens is 2. The standard InChI is InChI=1S/C19H25BrFNO4/c1-18(2,3)26-17(25)22-14(8-9-19(22,4)5)15(16(23)24)11-6-7-12(20)13(21)10-11/h6-7,10,14-15H,8-9H2,1-5H3,(H,23,24)/t14-,15-/m0/s1. The number of hydrogen-bond acceptors (Lipinski definition) is 3. The lowest BCUT2D eigenvalue weighted by Crippen LogP contribution is -2.51. The first-order valence-electron chi connectivity index (χ1n) is 8.53. The van der Waals surface area contributed by atoms with Gasteiger partial charge in [-0.05, 0) is 81.1 Å². The lowest BCUT2D eigenvalue weighted by atomic mass is 9.90. The van der Waals surface area contributed by atoms with Gasteiger partial charge < -0.3 is 9.84 Å². The highest BCUT2D eigenvalue weighted by Crippen LogP contribution is 2.41. The van der Waals surface area contributed by atoms with Crippen LogP contribution in [0.2, 0.25) is 0 Å². The summed E-state index contributed by atoms with van der Waals surface area (Å²) >= 11 is 3.08. The summed E-state index contributed by atoms with van der Waals surface area (Å²) in [6, 6.07) is 3.66. The van der Waals surface area contributed by atoms with Gasteiger partial charge in [-0.2, -0.15) is 0 Å². The molecule has 1 heterocycles. The summed E-state index contributed by atoms with van der Waals surface area (Å²) < 4.78 is 19.7. The van der Waals surface area contributed by atoms with Crippen LogP contribution in [0, 0.1) is 5.82 Å². The molecule has 0 aliphatic carbocycles. The molecule has 1 aliphatic rings. The number of rotatable bonds is 3. The molecule has 26 heavy (non-hydrogen) atoms. The van der Waals surface area contributed by atoms with Crippen molar-refractivity contribution in [2.75, 3.05) is 0 Å². The zero-order valence-corrected chi connectivity index (χ0v) is 17.3. The summed E-state index contributed by atoms with van der Waals surface area (Å²) in [4.78, 5) is 26.3. The summed E-state index contributed by atoms with van der Waals surface area (Å²) in [5.74, 6) is -2.66. The fraction of sp³-hybridized carbons (Fsp3) is 0.579. The molecule has 144 valence electrons. The van der Waals surface area contributed by atoms with E-state index in [1.165, 1.54) is 17.0 Å². The zero-order valence-electron chi connectivity index (χ0n) is 15.7. The van der Waals surface area contributed by atoms with E-state index in [0.29, 0.717) is 18.4 Å². The van der Waals surface area contributed by atoms with Crippen LogP contribution in [0.3, 0.4) is 0 Å². The normalized spacial score (nSPS) is 20.7. The number of hydrogen-bond donors (Lipinski definition) is 1. The van der Waals surface area contributed by atoms with E-state index in [-0.39, 0.29) is 4.47 Å². The van der Waals surface area contributed by atoms with Gasteiger partial charge in [-0.15, -0.1) is 0 Å². The number of amides is 1. The van der Waals surface area contributed by atoms with Crippen LogP contribution in [0.25, 0.3) is 0 Å². The summed E-state index contributed by atoms with van der Waals surface area (Å²) in [5, 5.41) is 9.84. The lowest BCUT2D eigenvalue weighted by molar-refractivity contribution is -0.140. The predicted molar refractivity (Wildman–Crippen MR) is 99.7 cm³/mol. The van der Waals surface area contributed by atoms with E-state index >= 15 is 0 Å². The Kier molecular flexibility index (Phi) is 5.71. The van der Waals surface area contributed by atoms with E-state index in [1.807, 2.05) is 13.8 Å². The number of nitrogens with zero attached hydrogens (tertiary/aromatic N) is 1. The molecule has 2 rings (SSSR count). The van der Waals surface area contributed by atoms with Gasteiger partial charge in [0.05, 0.1) is 10.5 Å². The summed E-state index contributed by atoms with van der Waals surface area (Å²) in [6.07, 6.45) is 0.592. The number of benzene rings is 1. The van der Waals surface area contributed by atoms with Crippen molar-refractivity contribution in [3.05, 3.63) is 34.1 Å². The van der Waals surface area contributed by atoms with E-state index in [2.05, 4.69) is 15.9 Å². The number of likely N-dealkylation sites (tertiary alicyclic amines) is 1. The molecule has 1 saturated heterocycles. The van der Waals surface area contributed by atoms with E-state index in [9.17, 15) is 19.1 Å². The molecule has 0 spiro atoms. The third kappa shape index (κ3) is 4.37. The molecule has 1 fully saturated rings. The Bertz CT molecular complexity index is 714. The highest BCUT2D eigenvalue weighted by molar-refractivity contribution is 9.10. The predicted octanol–water partition coefficient (Wildman–Crippen LogP) is 4.93. The van der Waals surface area contributed by atoms with Crippen molar-refractivity contribution in [1.82, 2.24) is 4.90 Å². The highest BCUT2D eigenvalue weighted by atomic mass is 79.9. The van der Waals surface area contributed by atoms with Crippen molar-refractivity contribution in [1.29, 1.82) is 0 Å². The molecule has 5 nitrogen and oxygen atoms in total. The Balaban J connectivity index is 2.44. The van der Waals surface area contributed by atoms with Gasteiger partial charge in [0.1, 0.15) is 17.3 Å². The minimum atomic E-state index is -1.09. The second-order valence-corrected chi connectivity index (χ2v) is 9.11. The van der Waals surface area contributed by atoms with Crippen LogP contribution in [0.4, 0.5) is 9.18 Å². The topological polar surface area (TPSA) is 66.8 Å². The Morgan fingerprint density at radius 2 is 2.00 bits per heavy atom. The summed E-state index contributed by atoms with van der Waals surface area (Å²) in [5.41, 5.74) is -0.911. The van der Waals surface area contributed by atoms with Crippen LogP contribution < -0.4 is 0 Å². The minimum absolute atomic E-state index is 0.265. The number of carbonyl (C=O) groups excluding carboxylic acids is 1. The molecule has 0 saturated carbocycles. The quantitative estimate of drug-likeness (QED) is 0.738. The van der Waals surface area contributed by atoms with Crippen molar-refractivity contribution >= 4 is 28.0 Å². The van der Waals surface area contributed by atoms with Crippen LogP contribution >= 0.6 is 15.9 Å². The van der Waals surface area contributed by atoms with Crippen LogP contribution in [0.1, 0.15) is 58.9 Å². The van der Waals surface area contributed by atoms with Crippen molar-refractivity contribution < 1.29 is 23.8 Å². The number of carbonyl (C=O) groups is 2. The van der Waals surface area contributed by atoms with Crippen LogP contribution in [-0.4, -0.2) is 39.3 Å². The molecule has 7 heteroatoms. The molecular weight excluding hydrogens is 405 g/mol. The molecule has 0 unspecified atom stereocenters. The maximum atomic E-state index is 14.0. The van der Waals surface area contributed by atoms with Gasteiger partial charge in [0.2, 0.25) is 0 Å². The largest absolute Gasteiger partial charge is 0.481 e. The molecule has 1 amide bonds. The van der Waals surface area contributed by atoms with E-state index in [0.717, 1.165) is 0 Å². The first-order valence-corrected chi connectivity index (χ1v) is 9.33. The average Bonchev–Trinajstić information content (AvgIpc) is 2.76. The van der Waals surface area contributed by atoms with Crippen molar-refractivity contribution in [3.63, 3.8) is 0 Å². The van der Waals surface area contributed by atoms with Crippen molar-refractivity contribution in [2.24, 2.45) is 0 Å². The fourth-order valence-corrected chi connectivity index (χ4v) is 3.69. The molecule has 1 N–H and O–H groups in total. The minimum Gasteiger partial charge on any atom is -0.481 e. The Morgan fingerprint density at radius 1 is 1.38 bits per heavy atom. The second kappa shape index (κ2) is 7.18. The van der Waals surface area contributed by atoms with Gasteiger partial charge in [0, 0.05) is 5.54 Å². The van der Waals surface area contributed by atoms with Gasteiger partial charge in [0.25, 0.3) is 0 Å². The first kappa shape index (κ1) is 20.7. The Labute approximate surface area is 161 Å². The summed E-state index contributed by atoms with van der Waals surface area (Å²) in [6.45, 7) is 9.07. The Morgan fingerprint density at radius 3 is 2.50 bits per heavy atom. The van der Waals surface area contributed by atoms with Crippen LogP contribution in [0.5, 0.6) is 0 Å². The summed E-state index contributed by atoms with van der Waals surface area (Å²) in [7, 11) is 0. The Hall–Kier alpha value is -1.63. The van der Waals surface area contributed by atoms with Gasteiger partial charge in [-0.25, -0.2) is 9.18 Å². The molecular formula is C19H25BrFNO4. The smallest absolute Gasteiger partial charge is 0.411 e. The van der Waals surface area contributed by atoms with E-state index < -0.39 is 41.0 Å². The van der Waals surface area contributed by atoms with Crippen LogP contribution in [0.15, 0.2) is 22.7 Å². The molecule has 0 radical (unpaired) electrons. The molecule has 1 aromatic carbocycles. The third-order valence-electron chi connectivity index (χ3n) is 4.58. The van der Waals surface area contributed by atoms with Crippen molar-refractivity contribution in [2.45, 2.75) is 70.6 Å². The molecule has 0 aromatic heterocycles. The van der Waals surface area contributed by atoms with Gasteiger partial charge in [-0.1, -0.05) is 6.07 Å². The fourth-order valence-electron chi connectivity index (χ4n) is 3.44. The number of carboxylic acids is 1. The van der Waals surface area contributed by atoms with Crippen molar-refractivity contribution in [3.8, 4) is 0 Å². The average molecular weight is 430 g/mol. The zero-order chi connectivity index (χ0) is 19.9. The van der Waals surface area contributed by atoms with Gasteiger partial charge in [-0.3, -0.25) is 9.69 Å². The van der Waals surface area contributed by atoms with Gasteiger partial charge in [0.15, 0.2) is 0 Å². The number of aliphatic carboxylic acids is 1.